The minimum Gasteiger partial charge on any atom is -0.367 e. The van der Waals surface area contributed by atoms with Gasteiger partial charge in [0.15, 0.2) is 0 Å². The minimum absolute atomic E-state index is 0.542. The van der Waals surface area contributed by atoms with Gasteiger partial charge < -0.3 is 5.32 Å². The summed E-state index contributed by atoms with van der Waals surface area (Å²) in [6.07, 6.45) is 4.11. The number of fused-ring (bicyclic) bond motifs is 1. The third-order valence-electron chi connectivity index (χ3n) is 2.44. The molecule has 0 aromatic carbocycles. The summed E-state index contributed by atoms with van der Waals surface area (Å²) in [6.45, 7) is 5.89. The molecule has 0 aliphatic carbocycles. The van der Waals surface area contributed by atoms with Crippen LogP contribution in [0.3, 0.4) is 0 Å². The van der Waals surface area contributed by atoms with Crippen LogP contribution in [0, 0.1) is 0 Å². The standard InChI is InChI=1S/C11H14N2/c1-3-10-7-6-9-5-4-8(2)12-11(9)13-10/h3,6-8H,1,4-5H2,2H3,(H,12,13). The number of nitrogens with one attached hydrogen (secondary N) is 1. The molecule has 0 fully saturated rings. The molecule has 0 spiro atoms. The van der Waals surface area contributed by atoms with Gasteiger partial charge in [-0.1, -0.05) is 12.6 Å². The van der Waals surface area contributed by atoms with Crippen molar-refractivity contribution >= 4 is 11.9 Å². The molecule has 1 aliphatic rings. The molecule has 1 aliphatic heterocycles. The summed E-state index contributed by atoms with van der Waals surface area (Å²) in [4.78, 5) is 4.45. The van der Waals surface area contributed by atoms with Crippen LogP contribution in [0.25, 0.3) is 6.08 Å². The molecule has 13 heavy (non-hydrogen) atoms. The summed E-state index contributed by atoms with van der Waals surface area (Å²) in [6, 6.07) is 4.70. The van der Waals surface area contributed by atoms with E-state index in [1.165, 1.54) is 12.0 Å². The number of hydrogen-bond donors (Lipinski definition) is 1. The Balaban J connectivity index is 2.38. The maximum Gasteiger partial charge on any atom is 0.130 e. The summed E-state index contributed by atoms with van der Waals surface area (Å²) in [7, 11) is 0. The number of aryl methyl sites for hydroxylation is 1. The zero-order chi connectivity index (χ0) is 9.26. The first-order chi connectivity index (χ1) is 6.29. The second kappa shape index (κ2) is 3.21. The van der Waals surface area contributed by atoms with Crippen LogP contribution in [0.5, 0.6) is 0 Å². The van der Waals surface area contributed by atoms with E-state index in [0.717, 1.165) is 17.9 Å². The predicted octanol–water partition coefficient (Wildman–Crippen LogP) is 2.47. The van der Waals surface area contributed by atoms with Crippen LogP contribution in [0.4, 0.5) is 5.82 Å². The average Bonchev–Trinajstić information content (AvgIpc) is 2.16. The Morgan fingerprint density at radius 3 is 3.23 bits per heavy atom. The number of anilines is 1. The molecule has 0 saturated heterocycles. The third-order valence-corrected chi connectivity index (χ3v) is 2.44. The van der Waals surface area contributed by atoms with E-state index >= 15 is 0 Å². The number of pyridine rings is 1. The predicted molar refractivity (Wildman–Crippen MR) is 55.7 cm³/mol. The lowest BCUT2D eigenvalue weighted by molar-refractivity contribution is 0.673. The highest BCUT2D eigenvalue weighted by Crippen LogP contribution is 2.22. The van der Waals surface area contributed by atoms with Crippen LogP contribution in [0.2, 0.25) is 0 Å². The molecule has 0 amide bonds. The van der Waals surface area contributed by atoms with E-state index in [1.807, 2.05) is 6.07 Å². The van der Waals surface area contributed by atoms with E-state index in [9.17, 15) is 0 Å². The minimum atomic E-state index is 0.542. The number of aromatic nitrogens is 1. The van der Waals surface area contributed by atoms with Crippen LogP contribution in [-0.4, -0.2) is 11.0 Å². The van der Waals surface area contributed by atoms with Crippen molar-refractivity contribution in [1.82, 2.24) is 4.98 Å². The van der Waals surface area contributed by atoms with E-state index in [2.05, 4.69) is 29.9 Å². The molecular weight excluding hydrogens is 160 g/mol. The largest absolute Gasteiger partial charge is 0.367 e. The van der Waals surface area contributed by atoms with Crippen molar-refractivity contribution in [2.24, 2.45) is 0 Å². The van der Waals surface area contributed by atoms with Crippen molar-refractivity contribution in [3.63, 3.8) is 0 Å². The Labute approximate surface area is 78.7 Å². The van der Waals surface area contributed by atoms with Crippen LogP contribution in [0.15, 0.2) is 18.7 Å². The van der Waals surface area contributed by atoms with E-state index in [1.54, 1.807) is 6.08 Å². The Hall–Kier alpha value is -1.31. The Kier molecular flexibility index (Phi) is 2.05. The number of nitrogens with zero attached hydrogens (tertiary/aromatic N) is 1. The molecule has 1 aromatic heterocycles. The third kappa shape index (κ3) is 1.57. The molecule has 2 rings (SSSR count). The molecule has 0 bridgehead atoms. The average molecular weight is 174 g/mol. The normalized spacial score (nSPS) is 20.2. The van der Waals surface area contributed by atoms with Gasteiger partial charge in [0.25, 0.3) is 0 Å². The van der Waals surface area contributed by atoms with E-state index in [-0.39, 0.29) is 0 Å². The fourth-order valence-corrected chi connectivity index (χ4v) is 1.62. The Bertz CT molecular complexity index is 331. The van der Waals surface area contributed by atoms with Crippen molar-refractivity contribution in [2.45, 2.75) is 25.8 Å². The van der Waals surface area contributed by atoms with Crippen LogP contribution in [0.1, 0.15) is 24.6 Å². The first kappa shape index (κ1) is 8.30. The van der Waals surface area contributed by atoms with Crippen molar-refractivity contribution in [3.8, 4) is 0 Å². The summed E-state index contributed by atoms with van der Waals surface area (Å²) in [5, 5.41) is 3.38. The zero-order valence-corrected chi connectivity index (χ0v) is 7.88. The van der Waals surface area contributed by atoms with E-state index in [4.69, 9.17) is 0 Å². The molecule has 1 aromatic rings. The Morgan fingerprint density at radius 2 is 2.46 bits per heavy atom. The van der Waals surface area contributed by atoms with Crippen molar-refractivity contribution in [2.75, 3.05) is 5.32 Å². The smallest absolute Gasteiger partial charge is 0.130 e. The lowest BCUT2D eigenvalue weighted by Crippen LogP contribution is -2.23. The van der Waals surface area contributed by atoms with Crippen molar-refractivity contribution in [1.29, 1.82) is 0 Å². The quantitative estimate of drug-likeness (QED) is 0.707. The van der Waals surface area contributed by atoms with Gasteiger partial charge in [0.05, 0.1) is 5.69 Å². The summed E-state index contributed by atoms with van der Waals surface area (Å²) in [5.41, 5.74) is 2.27. The van der Waals surface area contributed by atoms with Gasteiger partial charge in [-0.05, 0) is 37.5 Å². The van der Waals surface area contributed by atoms with Crippen molar-refractivity contribution < 1.29 is 0 Å². The first-order valence-corrected chi connectivity index (χ1v) is 4.68. The lowest BCUT2D eigenvalue weighted by Gasteiger charge is -2.23. The maximum atomic E-state index is 4.45. The molecule has 1 N–H and O–H groups in total. The fraction of sp³-hybridized carbons (Fsp3) is 0.364. The molecule has 0 saturated carbocycles. The highest BCUT2D eigenvalue weighted by atomic mass is 15.0. The first-order valence-electron chi connectivity index (χ1n) is 4.68. The van der Waals surface area contributed by atoms with Gasteiger partial charge in [0.1, 0.15) is 5.82 Å². The SMILES string of the molecule is C=Cc1ccc2c(n1)NC(C)CC2. The summed E-state index contributed by atoms with van der Waals surface area (Å²) in [5.74, 6) is 1.04. The van der Waals surface area contributed by atoms with Gasteiger partial charge in [0.2, 0.25) is 0 Å². The second-order valence-electron chi connectivity index (χ2n) is 3.53. The highest BCUT2D eigenvalue weighted by Gasteiger charge is 2.14. The van der Waals surface area contributed by atoms with Gasteiger partial charge in [0, 0.05) is 6.04 Å². The van der Waals surface area contributed by atoms with E-state index < -0.39 is 0 Å². The lowest BCUT2D eigenvalue weighted by atomic mass is 10.0. The molecular formula is C11H14N2. The monoisotopic (exact) mass is 174 g/mol. The van der Waals surface area contributed by atoms with Crippen LogP contribution >= 0.6 is 0 Å². The van der Waals surface area contributed by atoms with Crippen molar-refractivity contribution in [3.05, 3.63) is 30.0 Å². The molecule has 1 atom stereocenters. The highest BCUT2D eigenvalue weighted by molar-refractivity contribution is 5.53. The fourth-order valence-electron chi connectivity index (χ4n) is 1.62. The summed E-state index contributed by atoms with van der Waals surface area (Å²) < 4.78 is 0. The second-order valence-corrected chi connectivity index (χ2v) is 3.53. The van der Waals surface area contributed by atoms with Crippen LogP contribution < -0.4 is 5.32 Å². The molecule has 2 heteroatoms. The maximum absolute atomic E-state index is 4.45. The molecule has 1 unspecified atom stereocenters. The topological polar surface area (TPSA) is 24.9 Å². The zero-order valence-electron chi connectivity index (χ0n) is 7.88. The van der Waals surface area contributed by atoms with Crippen LogP contribution in [-0.2, 0) is 6.42 Å². The molecule has 68 valence electrons. The van der Waals surface area contributed by atoms with Gasteiger partial charge >= 0.3 is 0 Å². The number of hydrogen-bond acceptors (Lipinski definition) is 2. The van der Waals surface area contributed by atoms with Gasteiger partial charge in [-0.15, -0.1) is 0 Å². The summed E-state index contributed by atoms with van der Waals surface area (Å²) >= 11 is 0. The molecule has 2 nitrogen and oxygen atoms in total. The van der Waals surface area contributed by atoms with Gasteiger partial charge in [-0.3, -0.25) is 0 Å². The van der Waals surface area contributed by atoms with E-state index in [0.29, 0.717) is 6.04 Å². The van der Waals surface area contributed by atoms with Gasteiger partial charge in [-0.2, -0.15) is 0 Å². The Morgan fingerprint density at radius 1 is 1.62 bits per heavy atom. The molecule has 2 heterocycles. The number of rotatable bonds is 1. The van der Waals surface area contributed by atoms with Gasteiger partial charge in [-0.25, -0.2) is 4.98 Å². The molecule has 0 radical (unpaired) electrons.